The molecule has 130 valence electrons. The molecule has 0 unspecified atom stereocenters. The molecule has 3 rings (SSSR count). The number of fused-ring (bicyclic) bond motifs is 1. The number of ether oxygens (including phenoxy) is 3. The average Bonchev–Trinajstić information content (AvgIpc) is 2.92. The number of ketones is 1. The molecular weight excluding hydrogens is 316 g/mol. The Hall–Kier alpha value is -2.75. The van der Waals surface area contributed by atoms with Crippen molar-refractivity contribution in [1.29, 1.82) is 0 Å². The number of rotatable bonds is 6. The van der Waals surface area contributed by atoms with E-state index in [-0.39, 0.29) is 5.78 Å². The topological polar surface area (TPSA) is 44.8 Å². The van der Waals surface area contributed by atoms with Crippen molar-refractivity contribution >= 4 is 11.9 Å². The molecule has 0 aromatic heterocycles. The van der Waals surface area contributed by atoms with E-state index in [0.29, 0.717) is 35.2 Å². The van der Waals surface area contributed by atoms with Gasteiger partial charge in [-0.2, -0.15) is 0 Å². The molecule has 0 spiro atoms. The first-order chi connectivity index (χ1) is 12.1. The Kier molecular flexibility index (Phi) is 5.08. The molecule has 4 nitrogen and oxygen atoms in total. The Labute approximate surface area is 148 Å². The molecule has 0 radical (unpaired) electrons. The highest BCUT2D eigenvalue weighted by Gasteiger charge is 2.27. The third kappa shape index (κ3) is 3.68. The van der Waals surface area contributed by atoms with E-state index < -0.39 is 0 Å². The van der Waals surface area contributed by atoms with Crippen LogP contribution in [0.5, 0.6) is 17.2 Å². The zero-order valence-corrected chi connectivity index (χ0v) is 14.8. The van der Waals surface area contributed by atoms with Crippen molar-refractivity contribution in [1.82, 2.24) is 0 Å². The van der Waals surface area contributed by atoms with Gasteiger partial charge in [-0.05, 0) is 49.2 Å². The van der Waals surface area contributed by atoms with Crippen LogP contribution in [0.15, 0.2) is 42.2 Å². The SMILES string of the molecule is CCCCOc1ccc(/C=C2\Oc3ccc(C)cc3C2=O)cc1OC. The molecule has 0 N–H and O–H groups in total. The van der Waals surface area contributed by atoms with Crippen molar-refractivity contribution < 1.29 is 19.0 Å². The molecule has 1 aliphatic rings. The maximum atomic E-state index is 12.5. The number of Topliss-reactive ketones (excluding diaryl/α,β-unsaturated/α-hetero) is 1. The van der Waals surface area contributed by atoms with Crippen molar-refractivity contribution in [2.75, 3.05) is 13.7 Å². The normalized spacial score (nSPS) is 14.4. The summed E-state index contributed by atoms with van der Waals surface area (Å²) in [6.07, 6.45) is 3.80. The predicted octanol–water partition coefficient (Wildman–Crippen LogP) is 4.80. The molecule has 25 heavy (non-hydrogen) atoms. The van der Waals surface area contributed by atoms with E-state index in [1.54, 1.807) is 13.2 Å². The van der Waals surface area contributed by atoms with Gasteiger partial charge in [0.15, 0.2) is 17.3 Å². The second-order valence-corrected chi connectivity index (χ2v) is 6.05. The van der Waals surface area contributed by atoms with Gasteiger partial charge in [-0.1, -0.05) is 31.0 Å². The van der Waals surface area contributed by atoms with E-state index in [1.165, 1.54) is 0 Å². The van der Waals surface area contributed by atoms with Crippen LogP contribution in [0.1, 0.15) is 41.3 Å². The monoisotopic (exact) mass is 338 g/mol. The minimum Gasteiger partial charge on any atom is -0.493 e. The minimum atomic E-state index is -0.0964. The van der Waals surface area contributed by atoms with Crippen LogP contribution >= 0.6 is 0 Å². The smallest absolute Gasteiger partial charge is 0.231 e. The van der Waals surface area contributed by atoms with Gasteiger partial charge in [0.05, 0.1) is 19.3 Å². The van der Waals surface area contributed by atoms with Crippen LogP contribution in [-0.4, -0.2) is 19.5 Å². The lowest BCUT2D eigenvalue weighted by atomic mass is 10.1. The van der Waals surface area contributed by atoms with E-state index in [9.17, 15) is 4.79 Å². The molecule has 0 bridgehead atoms. The van der Waals surface area contributed by atoms with Crippen LogP contribution in [0, 0.1) is 6.92 Å². The van der Waals surface area contributed by atoms with Gasteiger partial charge in [-0.25, -0.2) is 0 Å². The van der Waals surface area contributed by atoms with E-state index in [0.717, 1.165) is 24.0 Å². The number of aryl methyl sites for hydroxylation is 1. The largest absolute Gasteiger partial charge is 0.493 e. The van der Waals surface area contributed by atoms with Gasteiger partial charge in [0.1, 0.15) is 5.75 Å². The summed E-state index contributed by atoms with van der Waals surface area (Å²) in [5.74, 6) is 2.18. The third-order valence-corrected chi connectivity index (χ3v) is 4.06. The van der Waals surface area contributed by atoms with Crippen LogP contribution in [0.25, 0.3) is 6.08 Å². The summed E-state index contributed by atoms with van der Waals surface area (Å²) in [5.41, 5.74) is 2.47. The first kappa shape index (κ1) is 17.1. The third-order valence-electron chi connectivity index (χ3n) is 4.06. The molecule has 1 aliphatic heterocycles. The van der Waals surface area contributed by atoms with E-state index in [1.807, 2.05) is 43.3 Å². The summed E-state index contributed by atoms with van der Waals surface area (Å²) in [5, 5.41) is 0. The van der Waals surface area contributed by atoms with Crippen molar-refractivity contribution in [2.24, 2.45) is 0 Å². The Morgan fingerprint density at radius 2 is 1.96 bits per heavy atom. The van der Waals surface area contributed by atoms with Gasteiger partial charge >= 0.3 is 0 Å². The number of carbonyl (C=O) groups excluding carboxylic acids is 1. The molecule has 0 aliphatic carbocycles. The molecular formula is C21H22O4. The highest BCUT2D eigenvalue weighted by atomic mass is 16.5. The molecule has 0 saturated heterocycles. The van der Waals surface area contributed by atoms with Gasteiger partial charge in [0.2, 0.25) is 5.78 Å². The molecule has 0 amide bonds. The molecule has 0 atom stereocenters. The summed E-state index contributed by atoms with van der Waals surface area (Å²) in [4.78, 5) is 12.5. The first-order valence-corrected chi connectivity index (χ1v) is 8.48. The summed E-state index contributed by atoms with van der Waals surface area (Å²) < 4.78 is 16.8. The lowest BCUT2D eigenvalue weighted by Gasteiger charge is -2.11. The lowest BCUT2D eigenvalue weighted by Crippen LogP contribution is -2.00. The zero-order chi connectivity index (χ0) is 17.8. The Morgan fingerprint density at radius 3 is 2.72 bits per heavy atom. The van der Waals surface area contributed by atoms with Crippen molar-refractivity contribution in [3.63, 3.8) is 0 Å². The van der Waals surface area contributed by atoms with Crippen molar-refractivity contribution in [3.05, 3.63) is 58.8 Å². The number of carbonyl (C=O) groups is 1. The fourth-order valence-corrected chi connectivity index (χ4v) is 2.67. The molecule has 0 fully saturated rings. The molecule has 2 aromatic carbocycles. The number of hydrogen-bond donors (Lipinski definition) is 0. The Balaban J connectivity index is 1.83. The summed E-state index contributed by atoms with van der Waals surface area (Å²) in [7, 11) is 1.61. The van der Waals surface area contributed by atoms with Crippen molar-refractivity contribution in [3.8, 4) is 17.2 Å². The van der Waals surface area contributed by atoms with Crippen LogP contribution in [0.4, 0.5) is 0 Å². The molecule has 0 saturated carbocycles. The summed E-state index contributed by atoms with van der Waals surface area (Å²) >= 11 is 0. The van der Waals surface area contributed by atoms with Crippen LogP contribution in [0.3, 0.4) is 0 Å². The second kappa shape index (κ2) is 7.43. The van der Waals surface area contributed by atoms with Crippen LogP contribution in [0.2, 0.25) is 0 Å². The number of hydrogen-bond acceptors (Lipinski definition) is 4. The maximum Gasteiger partial charge on any atom is 0.231 e. The quantitative estimate of drug-likeness (QED) is 0.561. The van der Waals surface area contributed by atoms with Gasteiger partial charge in [0.25, 0.3) is 0 Å². The summed E-state index contributed by atoms with van der Waals surface area (Å²) in [6, 6.07) is 11.2. The van der Waals surface area contributed by atoms with Gasteiger partial charge in [-0.3, -0.25) is 4.79 Å². The zero-order valence-electron chi connectivity index (χ0n) is 14.8. The highest BCUT2D eigenvalue weighted by Crippen LogP contribution is 2.34. The highest BCUT2D eigenvalue weighted by molar-refractivity contribution is 6.14. The molecule has 1 heterocycles. The average molecular weight is 338 g/mol. The van der Waals surface area contributed by atoms with Gasteiger partial charge in [-0.15, -0.1) is 0 Å². The predicted molar refractivity (Wildman–Crippen MR) is 97.5 cm³/mol. The Morgan fingerprint density at radius 1 is 1.12 bits per heavy atom. The molecule has 4 heteroatoms. The van der Waals surface area contributed by atoms with Gasteiger partial charge < -0.3 is 14.2 Å². The fourth-order valence-electron chi connectivity index (χ4n) is 2.67. The lowest BCUT2D eigenvalue weighted by molar-refractivity contribution is 0.101. The Bertz CT molecular complexity index is 821. The second-order valence-electron chi connectivity index (χ2n) is 6.05. The first-order valence-electron chi connectivity index (χ1n) is 8.48. The molecule has 2 aromatic rings. The standard InChI is InChI=1S/C21H22O4/c1-4-5-10-24-18-9-7-15(12-19(18)23-3)13-20-21(22)16-11-14(2)6-8-17(16)25-20/h6-9,11-13H,4-5,10H2,1-3H3/b20-13-. The number of allylic oxidation sites excluding steroid dienone is 1. The number of unbranched alkanes of at least 4 members (excludes halogenated alkanes) is 1. The number of benzene rings is 2. The maximum absolute atomic E-state index is 12.5. The van der Waals surface area contributed by atoms with E-state index in [2.05, 4.69) is 6.92 Å². The van der Waals surface area contributed by atoms with Crippen LogP contribution in [-0.2, 0) is 0 Å². The minimum absolute atomic E-state index is 0.0964. The number of methoxy groups -OCH3 is 1. The van der Waals surface area contributed by atoms with E-state index >= 15 is 0 Å². The summed E-state index contributed by atoms with van der Waals surface area (Å²) in [6.45, 7) is 4.73. The van der Waals surface area contributed by atoms with E-state index in [4.69, 9.17) is 14.2 Å². The van der Waals surface area contributed by atoms with Gasteiger partial charge in [0, 0.05) is 0 Å². The van der Waals surface area contributed by atoms with Crippen molar-refractivity contribution in [2.45, 2.75) is 26.7 Å². The van der Waals surface area contributed by atoms with Crippen LogP contribution < -0.4 is 14.2 Å². The fraction of sp³-hybridized carbons (Fsp3) is 0.286.